The van der Waals surface area contributed by atoms with Crippen LogP contribution in [0, 0.1) is 5.92 Å². The number of esters is 1. The Labute approximate surface area is 253 Å². The minimum absolute atomic E-state index is 0.210. The summed E-state index contributed by atoms with van der Waals surface area (Å²) >= 11 is 0. The van der Waals surface area contributed by atoms with Crippen molar-refractivity contribution in [3.05, 3.63) is 29.8 Å². The summed E-state index contributed by atoms with van der Waals surface area (Å²) in [5.41, 5.74) is 8.20. The van der Waals surface area contributed by atoms with Gasteiger partial charge in [-0.25, -0.2) is 0 Å². The predicted octanol–water partition coefficient (Wildman–Crippen LogP) is 2.27. The van der Waals surface area contributed by atoms with E-state index in [4.69, 9.17) is 29.4 Å². The number of rotatable bonds is 17. The summed E-state index contributed by atoms with van der Waals surface area (Å²) in [6.07, 6.45) is 3.51. The maximum absolute atomic E-state index is 11.5. The Morgan fingerprint density at radius 1 is 1.05 bits per heavy atom. The number of nitrogens with zero attached hydrogens (tertiary/aromatic N) is 6. The largest absolute Gasteiger partial charge is 0.492 e. The van der Waals surface area contributed by atoms with Crippen LogP contribution in [0.5, 0.6) is 17.8 Å². The van der Waals surface area contributed by atoms with Crippen molar-refractivity contribution in [2.45, 2.75) is 32.2 Å². The summed E-state index contributed by atoms with van der Waals surface area (Å²) in [6.45, 7) is 7.11. The number of methoxy groups -OCH3 is 3. The minimum atomic E-state index is -0.257. The second-order valence-electron chi connectivity index (χ2n) is 10.8. The highest BCUT2D eigenvalue weighted by Crippen LogP contribution is 2.29. The van der Waals surface area contributed by atoms with Gasteiger partial charge in [-0.1, -0.05) is 12.1 Å². The average molecular weight is 600 g/mol. The molecular weight excluding hydrogens is 554 g/mol. The highest BCUT2D eigenvalue weighted by atomic mass is 16.5. The van der Waals surface area contributed by atoms with Crippen molar-refractivity contribution in [3.63, 3.8) is 0 Å². The number of likely N-dealkylation sites (N-methyl/N-ethyl adjacent to an activating group) is 1. The van der Waals surface area contributed by atoms with E-state index in [2.05, 4.69) is 31.8 Å². The van der Waals surface area contributed by atoms with Crippen LogP contribution >= 0.6 is 0 Å². The highest BCUT2D eigenvalue weighted by Gasteiger charge is 2.24. The first kappa shape index (κ1) is 32.2. The lowest BCUT2D eigenvalue weighted by Gasteiger charge is -2.32. The van der Waals surface area contributed by atoms with E-state index in [0.29, 0.717) is 42.9 Å². The third-order valence-corrected chi connectivity index (χ3v) is 7.65. The van der Waals surface area contributed by atoms with Crippen LogP contribution in [0.1, 0.15) is 24.8 Å². The van der Waals surface area contributed by atoms with Gasteiger partial charge in [0.25, 0.3) is 6.01 Å². The predicted molar refractivity (Wildman–Crippen MR) is 163 cm³/mol. The molecule has 2 aromatic heterocycles. The molecule has 1 saturated heterocycles. The summed E-state index contributed by atoms with van der Waals surface area (Å²) in [4.78, 5) is 29.7. The molecule has 0 spiro atoms. The summed E-state index contributed by atoms with van der Waals surface area (Å²) in [7, 11) is 6.74. The van der Waals surface area contributed by atoms with Crippen LogP contribution < -0.4 is 19.9 Å². The van der Waals surface area contributed by atoms with Crippen molar-refractivity contribution in [1.29, 1.82) is 0 Å². The number of piperidine rings is 1. The Morgan fingerprint density at radius 2 is 1.86 bits per heavy atom. The maximum Gasteiger partial charge on any atom is 0.320 e. The number of carbonyl (C=O) groups excluding carboxylic acids is 1. The molecule has 13 heteroatoms. The molecule has 13 nitrogen and oxygen atoms in total. The van der Waals surface area contributed by atoms with Crippen LogP contribution in [0.3, 0.4) is 0 Å². The molecule has 3 aromatic rings. The molecule has 0 unspecified atom stereocenters. The molecule has 3 heterocycles. The van der Waals surface area contributed by atoms with Gasteiger partial charge >= 0.3 is 12.0 Å². The fourth-order valence-corrected chi connectivity index (χ4v) is 5.21. The summed E-state index contributed by atoms with van der Waals surface area (Å²) in [6, 6.07) is 8.29. The Balaban J connectivity index is 1.18. The molecule has 4 rings (SSSR count). The summed E-state index contributed by atoms with van der Waals surface area (Å²) < 4.78 is 28.9. The number of hydrogen-bond acceptors (Lipinski definition) is 12. The Hall–Kier alpha value is -3.68. The van der Waals surface area contributed by atoms with E-state index in [1.807, 2.05) is 28.8 Å². The highest BCUT2D eigenvalue weighted by molar-refractivity contribution is 5.83. The number of likely N-dealkylation sites (tertiary alicyclic amines) is 1. The van der Waals surface area contributed by atoms with Gasteiger partial charge < -0.3 is 39.2 Å². The van der Waals surface area contributed by atoms with E-state index in [1.165, 1.54) is 7.11 Å². The van der Waals surface area contributed by atoms with Gasteiger partial charge in [-0.05, 0) is 76.1 Å². The topological polar surface area (TPSA) is 139 Å². The van der Waals surface area contributed by atoms with Crippen molar-refractivity contribution >= 4 is 23.0 Å². The molecule has 1 fully saturated rings. The minimum Gasteiger partial charge on any atom is -0.492 e. The number of fused-ring (bicyclic) bond motifs is 1. The SMILES string of the molecule is COCCOc1nc(N)c2nc(OC)n(CC3CCN(CCCN(C)CCOc4cccc(CC(=O)OC)c4)CC3)c2n1. The van der Waals surface area contributed by atoms with Gasteiger partial charge in [0.2, 0.25) is 0 Å². The normalized spacial score (nSPS) is 14.3. The number of benzene rings is 1. The lowest BCUT2D eigenvalue weighted by molar-refractivity contribution is -0.139. The van der Waals surface area contributed by atoms with Crippen LogP contribution in [0.2, 0.25) is 0 Å². The summed E-state index contributed by atoms with van der Waals surface area (Å²) in [5.74, 6) is 1.26. The quantitative estimate of drug-likeness (QED) is 0.180. The van der Waals surface area contributed by atoms with Gasteiger partial charge in [0.1, 0.15) is 19.0 Å². The second-order valence-corrected chi connectivity index (χ2v) is 10.8. The van der Waals surface area contributed by atoms with Crippen LogP contribution in [-0.4, -0.2) is 116 Å². The number of carbonyl (C=O) groups is 1. The Bertz CT molecular complexity index is 1310. The van der Waals surface area contributed by atoms with Crippen molar-refractivity contribution in [2.24, 2.45) is 5.92 Å². The first-order valence-electron chi connectivity index (χ1n) is 14.8. The van der Waals surface area contributed by atoms with Crippen molar-refractivity contribution in [2.75, 3.05) is 86.7 Å². The molecule has 0 bridgehead atoms. The molecule has 0 amide bonds. The molecule has 2 N–H and O–H groups in total. The number of nitrogen functional groups attached to an aromatic ring is 1. The zero-order valence-corrected chi connectivity index (χ0v) is 25.8. The van der Waals surface area contributed by atoms with E-state index in [1.54, 1.807) is 14.2 Å². The third kappa shape index (κ3) is 9.40. The van der Waals surface area contributed by atoms with Crippen molar-refractivity contribution in [1.82, 2.24) is 29.3 Å². The van der Waals surface area contributed by atoms with Gasteiger partial charge in [-0.2, -0.15) is 15.0 Å². The molecule has 1 aliphatic rings. The third-order valence-electron chi connectivity index (χ3n) is 7.65. The number of aromatic nitrogens is 4. The number of nitrogens with two attached hydrogens (primary N) is 1. The lowest BCUT2D eigenvalue weighted by atomic mass is 9.96. The molecule has 236 valence electrons. The van der Waals surface area contributed by atoms with Gasteiger partial charge in [0.05, 0.1) is 27.2 Å². The smallest absolute Gasteiger partial charge is 0.320 e. The zero-order chi connectivity index (χ0) is 30.6. The van der Waals surface area contributed by atoms with E-state index < -0.39 is 0 Å². The first-order valence-corrected chi connectivity index (χ1v) is 14.8. The molecule has 0 radical (unpaired) electrons. The standard InChI is InChI=1S/C30H45N7O6/c1-35(15-16-42-24-8-5-7-23(19-24)20-25(38)40-3)11-6-12-36-13-9-22(10-14-36)21-37-28-26(32-30(37)41-4)27(31)33-29(34-28)43-18-17-39-2/h5,7-8,19,22H,6,9-18,20-21H2,1-4H3,(H2,31,33,34). The average Bonchev–Trinajstić information content (AvgIpc) is 3.36. The van der Waals surface area contributed by atoms with E-state index in [-0.39, 0.29) is 24.2 Å². The van der Waals surface area contributed by atoms with Gasteiger partial charge in [0.15, 0.2) is 17.0 Å². The van der Waals surface area contributed by atoms with Crippen molar-refractivity contribution in [3.8, 4) is 17.8 Å². The summed E-state index contributed by atoms with van der Waals surface area (Å²) in [5, 5.41) is 0. The van der Waals surface area contributed by atoms with Gasteiger partial charge in [-0.3, -0.25) is 9.36 Å². The number of ether oxygens (including phenoxy) is 5. The molecule has 0 saturated carbocycles. The van der Waals surface area contributed by atoms with E-state index >= 15 is 0 Å². The van der Waals surface area contributed by atoms with Gasteiger partial charge in [-0.15, -0.1) is 0 Å². The van der Waals surface area contributed by atoms with E-state index in [9.17, 15) is 4.79 Å². The molecule has 0 atom stereocenters. The molecule has 1 aromatic carbocycles. The molecular formula is C30H45N7O6. The van der Waals surface area contributed by atoms with Crippen molar-refractivity contribution < 1.29 is 28.5 Å². The Kier molecular flexibility index (Phi) is 12.2. The Morgan fingerprint density at radius 3 is 2.60 bits per heavy atom. The fourth-order valence-electron chi connectivity index (χ4n) is 5.21. The molecule has 0 aliphatic carbocycles. The lowest BCUT2D eigenvalue weighted by Crippen LogP contribution is -2.37. The zero-order valence-electron chi connectivity index (χ0n) is 25.8. The van der Waals surface area contributed by atoms with Crippen LogP contribution in [0.4, 0.5) is 5.82 Å². The number of hydrogen-bond donors (Lipinski definition) is 1. The number of anilines is 1. The second kappa shape index (κ2) is 16.2. The fraction of sp³-hybridized carbons (Fsp3) is 0.600. The first-order chi connectivity index (χ1) is 20.9. The van der Waals surface area contributed by atoms with Crippen LogP contribution in [0.15, 0.2) is 24.3 Å². The van der Waals surface area contributed by atoms with E-state index in [0.717, 1.165) is 69.8 Å². The van der Waals surface area contributed by atoms with Crippen LogP contribution in [-0.2, 0) is 27.2 Å². The molecule has 1 aliphatic heterocycles. The van der Waals surface area contributed by atoms with Crippen LogP contribution in [0.25, 0.3) is 11.2 Å². The molecule has 43 heavy (non-hydrogen) atoms. The van der Waals surface area contributed by atoms with Gasteiger partial charge in [0, 0.05) is 20.2 Å². The number of imidazole rings is 1. The maximum atomic E-state index is 11.5. The monoisotopic (exact) mass is 599 g/mol.